The van der Waals surface area contributed by atoms with Crippen LogP contribution in [0.15, 0.2) is 48.5 Å². The van der Waals surface area contributed by atoms with Crippen LogP contribution in [0, 0.1) is 13.8 Å². The minimum atomic E-state index is -0.252. The van der Waals surface area contributed by atoms with Crippen LogP contribution in [-0.4, -0.2) is 36.9 Å². The number of rotatable bonds is 7. The highest BCUT2D eigenvalue weighted by atomic mass is 16.5. The quantitative estimate of drug-likeness (QED) is 0.758. The number of amides is 2. The molecule has 0 spiro atoms. The molecule has 2 rings (SSSR count). The molecule has 0 unspecified atom stereocenters. The fourth-order valence-electron chi connectivity index (χ4n) is 2.68. The highest BCUT2D eigenvalue weighted by Crippen LogP contribution is 2.20. The van der Waals surface area contributed by atoms with Gasteiger partial charge in [-0.15, -0.1) is 0 Å². The first-order valence-corrected chi connectivity index (χ1v) is 8.93. The molecule has 0 radical (unpaired) electrons. The van der Waals surface area contributed by atoms with E-state index < -0.39 is 0 Å². The van der Waals surface area contributed by atoms with Gasteiger partial charge in [-0.1, -0.05) is 36.4 Å². The number of carbonyl (C=O) groups excluding carboxylic acids is 2. The van der Waals surface area contributed by atoms with Crippen LogP contribution in [0.1, 0.15) is 23.6 Å². The zero-order valence-corrected chi connectivity index (χ0v) is 16.3. The Kier molecular flexibility index (Phi) is 7.17. The number of hydrogen-bond donors (Lipinski definition) is 1. The molecular formula is C22H26N2O3. The number of para-hydroxylation sites is 2. The average molecular weight is 366 g/mol. The maximum atomic E-state index is 12.3. The minimum Gasteiger partial charge on any atom is -0.493 e. The molecule has 0 saturated carbocycles. The second kappa shape index (κ2) is 9.57. The maximum absolute atomic E-state index is 12.3. The first kappa shape index (κ1) is 20.2. The SMILES string of the molecule is CCOc1ccccc1C=CC(=O)N(C)CC(=O)Nc1c(C)cccc1C. The molecular weight excluding hydrogens is 340 g/mol. The Morgan fingerprint density at radius 2 is 1.74 bits per heavy atom. The summed E-state index contributed by atoms with van der Waals surface area (Å²) in [6.45, 7) is 6.32. The molecule has 2 aromatic carbocycles. The van der Waals surface area contributed by atoms with Gasteiger partial charge >= 0.3 is 0 Å². The molecule has 0 aliphatic heterocycles. The van der Waals surface area contributed by atoms with Gasteiger partial charge in [0.2, 0.25) is 11.8 Å². The van der Waals surface area contributed by atoms with Gasteiger partial charge in [0.05, 0.1) is 13.2 Å². The topological polar surface area (TPSA) is 58.6 Å². The van der Waals surface area contributed by atoms with Crippen molar-refractivity contribution in [2.75, 3.05) is 25.5 Å². The van der Waals surface area contributed by atoms with Crippen molar-refractivity contribution in [2.45, 2.75) is 20.8 Å². The van der Waals surface area contributed by atoms with Crippen molar-refractivity contribution in [1.29, 1.82) is 0 Å². The molecule has 0 fully saturated rings. The molecule has 5 heteroatoms. The smallest absolute Gasteiger partial charge is 0.246 e. The molecule has 0 saturated heterocycles. The summed E-state index contributed by atoms with van der Waals surface area (Å²) < 4.78 is 5.54. The molecule has 0 aliphatic rings. The lowest BCUT2D eigenvalue weighted by Crippen LogP contribution is -2.34. The summed E-state index contributed by atoms with van der Waals surface area (Å²) in [6, 6.07) is 13.3. The fraction of sp³-hybridized carbons (Fsp3) is 0.273. The summed E-state index contributed by atoms with van der Waals surface area (Å²) >= 11 is 0. The van der Waals surface area contributed by atoms with Gasteiger partial charge in [-0.2, -0.15) is 0 Å². The van der Waals surface area contributed by atoms with Crippen molar-refractivity contribution in [3.63, 3.8) is 0 Å². The van der Waals surface area contributed by atoms with Gasteiger partial charge in [0, 0.05) is 24.4 Å². The van der Waals surface area contributed by atoms with Crippen molar-refractivity contribution < 1.29 is 14.3 Å². The first-order valence-electron chi connectivity index (χ1n) is 8.93. The molecule has 1 N–H and O–H groups in total. The largest absolute Gasteiger partial charge is 0.493 e. The Hall–Kier alpha value is -3.08. The lowest BCUT2D eigenvalue weighted by molar-refractivity contribution is -0.129. The summed E-state index contributed by atoms with van der Waals surface area (Å²) in [5, 5.41) is 2.89. The highest BCUT2D eigenvalue weighted by Gasteiger charge is 2.13. The molecule has 2 aromatic rings. The molecule has 0 aliphatic carbocycles. The number of ether oxygens (including phenoxy) is 1. The first-order chi connectivity index (χ1) is 12.9. The molecule has 27 heavy (non-hydrogen) atoms. The van der Waals surface area contributed by atoms with Crippen molar-refractivity contribution in [3.05, 3.63) is 65.2 Å². The van der Waals surface area contributed by atoms with E-state index >= 15 is 0 Å². The molecule has 2 amide bonds. The third-order valence-electron chi connectivity index (χ3n) is 4.13. The number of likely N-dealkylation sites (N-methyl/N-ethyl adjacent to an activating group) is 1. The van der Waals surface area contributed by atoms with E-state index in [0.29, 0.717) is 6.61 Å². The molecule has 0 aromatic heterocycles. The van der Waals surface area contributed by atoms with Crippen LogP contribution in [0.4, 0.5) is 5.69 Å². The maximum Gasteiger partial charge on any atom is 0.246 e. The lowest BCUT2D eigenvalue weighted by atomic mass is 10.1. The molecule has 142 valence electrons. The zero-order chi connectivity index (χ0) is 19.8. The number of benzene rings is 2. The summed E-state index contributed by atoms with van der Waals surface area (Å²) in [6.07, 6.45) is 3.15. The van der Waals surface area contributed by atoms with E-state index in [0.717, 1.165) is 28.1 Å². The third kappa shape index (κ3) is 5.71. The van der Waals surface area contributed by atoms with Crippen LogP contribution in [0.2, 0.25) is 0 Å². The van der Waals surface area contributed by atoms with Gasteiger partial charge in [-0.25, -0.2) is 0 Å². The lowest BCUT2D eigenvalue weighted by Gasteiger charge is -2.17. The van der Waals surface area contributed by atoms with Crippen LogP contribution in [0.3, 0.4) is 0 Å². The summed E-state index contributed by atoms with van der Waals surface area (Å²) in [5.74, 6) is 0.240. The number of hydrogen-bond acceptors (Lipinski definition) is 3. The van der Waals surface area contributed by atoms with Crippen molar-refractivity contribution in [1.82, 2.24) is 4.90 Å². The van der Waals surface area contributed by atoms with Crippen LogP contribution in [-0.2, 0) is 9.59 Å². The van der Waals surface area contributed by atoms with Crippen molar-refractivity contribution in [3.8, 4) is 5.75 Å². The van der Waals surface area contributed by atoms with E-state index in [-0.39, 0.29) is 18.4 Å². The van der Waals surface area contributed by atoms with E-state index in [1.807, 2.05) is 63.2 Å². The number of nitrogens with zero attached hydrogens (tertiary/aromatic N) is 1. The number of anilines is 1. The molecule has 0 bridgehead atoms. The van der Waals surface area contributed by atoms with Crippen molar-refractivity contribution in [2.24, 2.45) is 0 Å². The van der Waals surface area contributed by atoms with Crippen LogP contribution in [0.5, 0.6) is 5.75 Å². The van der Waals surface area contributed by atoms with Crippen LogP contribution >= 0.6 is 0 Å². The predicted octanol–water partition coefficient (Wildman–Crippen LogP) is 3.81. The van der Waals surface area contributed by atoms with Gasteiger partial charge in [0.1, 0.15) is 5.75 Å². The summed E-state index contributed by atoms with van der Waals surface area (Å²) in [7, 11) is 1.60. The summed E-state index contributed by atoms with van der Waals surface area (Å²) in [4.78, 5) is 26.0. The van der Waals surface area contributed by atoms with Gasteiger partial charge < -0.3 is 15.0 Å². The molecule has 0 atom stereocenters. The van der Waals surface area contributed by atoms with Crippen LogP contribution < -0.4 is 10.1 Å². The Morgan fingerprint density at radius 1 is 1.07 bits per heavy atom. The number of carbonyl (C=O) groups is 2. The second-order valence-corrected chi connectivity index (χ2v) is 6.31. The van der Waals surface area contributed by atoms with Gasteiger partial charge in [-0.05, 0) is 44.0 Å². The molecule has 0 heterocycles. The number of aryl methyl sites for hydroxylation is 2. The Balaban J connectivity index is 1.98. The number of nitrogens with one attached hydrogen (secondary N) is 1. The Morgan fingerprint density at radius 3 is 2.41 bits per heavy atom. The van der Waals surface area contributed by atoms with Crippen molar-refractivity contribution >= 4 is 23.6 Å². The molecule has 5 nitrogen and oxygen atoms in total. The van der Waals surface area contributed by atoms with E-state index in [2.05, 4.69) is 5.32 Å². The Bertz CT molecular complexity index is 823. The predicted molar refractivity (Wildman–Crippen MR) is 109 cm³/mol. The third-order valence-corrected chi connectivity index (χ3v) is 4.13. The summed E-state index contributed by atoms with van der Waals surface area (Å²) in [5.41, 5.74) is 3.60. The minimum absolute atomic E-state index is 0.0238. The van der Waals surface area contributed by atoms with Gasteiger partial charge in [0.15, 0.2) is 0 Å². The fourth-order valence-corrected chi connectivity index (χ4v) is 2.68. The van der Waals surface area contributed by atoms with E-state index in [4.69, 9.17) is 4.74 Å². The van der Waals surface area contributed by atoms with E-state index in [9.17, 15) is 9.59 Å². The van der Waals surface area contributed by atoms with E-state index in [1.165, 1.54) is 11.0 Å². The normalized spacial score (nSPS) is 10.7. The van der Waals surface area contributed by atoms with Gasteiger partial charge in [-0.3, -0.25) is 9.59 Å². The zero-order valence-electron chi connectivity index (χ0n) is 16.3. The highest BCUT2D eigenvalue weighted by molar-refractivity contribution is 5.98. The average Bonchev–Trinajstić information content (AvgIpc) is 2.64. The monoisotopic (exact) mass is 366 g/mol. The standard InChI is InChI=1S/C22H26N2O3/c1-5-27-19-12-7-6-11-18(19)13-14-21(26)24(4)15-20(25)23-22-16(2)9-8-10-17(22)3/h6-14H,5,15H2,1-4H3,(H,23,25). The Labute approximate surface area is 160 Å². The second-order valence-electron chi connectivity index (χ2n) is 6.31. The van der Waals surface area contributed by atoms with Gasteiger partial charge in [0.25, 0.3) is 0 Å². The van der Waals surface area contributed by atoms with E-state index in [1.54, 1.807) is 13.1 Å². The van der Waals surface area contributed by atoms with Crippen LogP contribution in [0.25, 0.3) is 6.08 Å².